The Kier molecular flexibility index (Phi) is 3.89. The van der Waals surface area contributed by atoms with Gasteiger partial charge in [0, 0.05) is 0 Å². The van der Waals surface area contributed by atoms with Crippen molar-refractivity contribution in [3.05, 3.63) is 35.9 Å². The molecular weight excluding hydrogens is 275 g/mol. The first kappa shape index (κ1) is 13.9. The molecule has 1 aromatic heterocycles. The molecule has 0 unspecified atom stereocenters. The lowest BCUT2D eigenvalue weighted by atomic mass is 10.2. The van der Waals surface area contributed by atoms with Crippen LogP contribution in [0, 0.1) is 17.5 Å². The molecule has 0 aliphatic rings. The van der Waals surface area contributed by atoms with Crippen LogP contribution >= 0.6 is 0 Å². The van der Waals surface area contributed by atoms with Crippen LogP contribution in [0.5, 0.6) is 5.75 Å². The molecule has 2 rings (SSSR count). The molecule has 20 heavy (non-hydrogen) atoms. The highest BCUT2D eigenvalue weighted by Crippen LogP contribution is 2.32. The highest BCUT2D eigenvalue weighted by atomic mass is 19.2. The summed E-state index contributed by atoms with van der Waals surface area (Å²) in [5.41, 5.74) is 1.96. The molecule has 9 heteroatoms. The van der Waals surface area contributed by atoms with Crippen LogP contribution in [-0.4, -0.2) is 17.1 Å². The maximum Gasteiger partial charge on any atom is 0.205 e. The quantitative estimate of drug-likeness (QED) is 0.452. The number of nitrogen functional groups attached to an aromatic ring is 1. The van der Waals surface area contributed by atoms with Gasteiger partial charge in [-0.2, -0.15) is 0 Å². The van der Waals surface area contributed by atoms with E-state index in [0.717, 1.165) is 18.5 Å². The van der Waals surface area contributed by atoms with Crippen LogP contribution in [0.4, 0.5) is 30.5 Å². The van der Waals surface area contributed by atoms with Gasteiger partial charge < -0.3 is 15.5 Å². The number of ether oxygens (including phenoxy) is 1. The number of nitrogens with one attached hydrogen (secondary N) is 2. The third-order valence-electron chi connectivity index (χ3n) is 2.43. The van der Waals surface area contributed by atoms with Crippen LogP contribution in [0.3, 0.4) is 0 Å². The Bertz CT molecular complexity index is 638. The Morgan fingerprint density at radius 1 is 1.10 bits per heavy atom. The van der Waals surface area contributed by atoms with Crippen molar-refractivity contribution < 1.29 is 17.9 Å². The number of methoxy groups -OCH3 is 1. The minimum absolute atomic E-state index is 0.0420. The second-order valence-electron chi connectivity index (χ2n) is 3.60. The van der Waals surface area contributed by atoms with Gasteiger partial charge in [-0.05, 0) is 12.1 Å². The minimum Gasteiger partial charge on any atom is -0.490 e. The summed E-state index contributed by atoms with van der Waals surface area (Å²) in [4.78, 5) is 7.61. The summed E-state index contributed by atoms with van der Waals surface area (Å²) in [7, 11) is 1.33. The lowest BCUT2D eigenvalue weighted by Gasteiger charge is -2.13. The highest BCUT2D eigenvalue weighted by molar-refractivity contribution is 5.69. The molecule has 0 atom stereocenters. The average molecular weight is 285 g/mol. The van der Waals surface area contributed by atoms with Crippen molar-refractivity contribution in [1.82, 2.24) is 9.97 Å². The van der Waals surface area contributed by atoms with Gasteiger partial charge in [-0.3, -0.25) is 0 Å². The predicted octanol–water partition coefficient (Wildman–Crippen LogP) is 1.93. The molecule has 0 saturated heterocycles. The Balaban J connectivity index is 2.43. The topological polar surface area (TPSA) is 85.1 Å². The van der Waals surface area contributed by atoms with Crippen molar-refractivity contribution in [3.8, 4) is 5.75 Å². The number of hydrogen-bond donors (Lipinski definition) is 3. The predicted molar refractivity (Wildman–Crippen MR) is 66.0 cm³/mol. The maximum atomic E-state index is 13.6. The normalized spacial score (nSPS) is 10.2. The molecule has 4 N–H and O–H groups in total. The third-order valence-corrected chi connectivity index (χ3v) is 2.43. The summed E-state index contributed by atoms with van der Waals surface area (Å²) >= 11 is 0. The number of nitrogens with zero attached hydrogens (tertiary/aromatic N) is 2. The molecule has 0 spiro atoms. The number of benzene rings is 1. The lowest BCUT2D eigenvalue weighted by molar-refractivity contribution is 0.415. The van der Waals surface area contributed by atoms with Crippen molar-refractivity contribution in [1.29, 1.82) is 0 Å². The Labute approximate surface area is 111 Å². The molecular formula is C11H10F3N5O. The zero-order chi connectivity index (χ0) is 14.7. The lowest BCUT2D eigenvalue weighted by Crippen LogP contribution is -2.12. The molecule has 0 aliphatic carbocycles. The SMILES string of the molecule is COc1c(NN)ncnc1Nc1ccc(F)c(F)c1F. The van der Waals surface area contributed by atoms with Crippen LogP contribution in [-0.2, 0) is 0 Å². The molecule has 0 saturated carbocycles. The largest absolute Gasteiger partial charge is 0.490 e. The van der Waals surface area contributed by atoms with Gasteiger partial charge in [0.1, 0.15) is 6.33 Å². The Morgan fingerprint density at radius 2 is 1.80 bits per heavy atom. The van der Waals surface area contributed by atoms with Crippen LogP contribution in [0.2, 0.25) is 0 Å². The fourth-order valence-corrected chi connectivity index (χ4v) is 1.51. The Hall–Kier alpha value is -2.55. The first-order valence-corrected chi connectivity index (χ1v) is 5.34. The fraction of sp³-hybridized carbons (Fsp3) is 0.0909. The zero-order valence-corrected chi connectivity index (χ0v) is 10.2. The Morgan fingerprint density at radius 3 is 2.45 bits per heavy atom. The van der Waals surface area contributed by atoms with Gasteiger partial charge in [0.15, 0.2) is 29.1 Å². The van der Waals surface area contributed by atoms with Gasteiger partial charge in [-0.25, -0.2) is 29.0 Å². The van der Waals surface area contributed by atoms with Crippen molar-refractivity contribution in [2.75, 3.05) is 17.9 Å². The van der Waals surface area contributed by atoms with Gasteiger partial charge in [0.25, 0.3) is 0 Å². The minimum atomic E-state index is -1.58. The van der Waals surface area contributed by atoms with E-state index in [2.05, 4.69) is 20.7 Å². The molecule has 1 heterocycles. The molecule has 6 nitrogen and oxygen atoms in total. The van der Waals surface area contributed by atoms with Gasteiger partial charge in [-0.1, -0.05) is 0 Å². The van der Waals surface area contributed by atoms with E-state index in [1.165, 1.54) is 7.11 Å². The first-order valence-electron chi connectivity index (χ1n) is 5.34. The van der Waals surface area contributed by atoms with Crippen LogP contribution < -0.4 is 21.3 Å². The number of aromatic nitrogens is 2. The standard InChI is InChI=1S/C11H10F3N5O/c1-20-9-10(16-4-17-11(9)19-15)18-6-3-2-5(12)7(13)8(6)14/h2-4H,15H2,1H3,(H2,16,17,18,19). The van der Waals surface area contributed by atoms with Crippen LogP contribution in [0.25, 0.3) is 0 Å². The van der Waals surface area contributed by atoms with E-state index in [1.54, 1.807) is 0 Å². The number of halogens is 3. The fourth-order valence-electron chi connectivity index (χ4n) is 1.51. The molecule has 0 radical (unpaired) electrons. The van der Waals surface area contributed by atoms with Crippen molar-refractivity contribution in [3.63, 3.8) is 0 Å². The zero-order valence-electron chi connectivity index (χ0n) is 10.2. The molecule has 2 aromatic rings. The average Bonchev–Trinajstić information content (AvgIpc) is 2.47. The summed E-state index contributed by atoms with van der Waals surface area (Å²) in [5, 5.41) is 2.48. The number of rotatable bonds is 4. The van der Waals surface area contributed by atoms with Gasteiger partial charge >= 0.3 is 0 Å². The van der Waals surface area contributed by atoms with E-state index in [9.17, 15) is 13.2 Å². The van der Waals surface area contributed by atoms with Gasteiger partial charge in [0.2, 0.25) is 5.75 Å². The number of anilines is 3. The maximum absolute atomic E-state index is 13.6. The molecule has 0 aliphatic heterocycles. The second-order valence-corrected chi connectivity index (χ2v) is 3.60. The molecule has 0 bridgehead atoms. The van der Waals surface area contributed by atoms with E-state index in [0.29, 0.717) is 0 Å². The summed E-state index contributed by atoms with van der Waals surface area (Å²) in [5.74, 6) is 1.28. The first-order chi connectivity index (χ1) is 9.58. The van der Waals surface area contributed by atoms with Crippen molar-refractivity contribution >= 4 is 17.3 Å². The highest BCUT2D eigenvalue weighted by Gasteiger charge is 2.17. The number of hydrazine groups is 1. The smallest absolute Gasteiger partial charge is 0.205 e. The van der Waals surface area contributed by atoms with Gasteiger partial charge in [0.05, 0.1) is 12.8 Å². The second kappa shape index (κ2) is 5.61. The van der Waals surface area contributed by atoms with Crippen LogP contribution in [0.15, 0.2) is 18.5 Å². The number of nitrogens with two attached hydrogens (primary N) is 1. The molecule has 0 amide bonds. The van der Waals surface area contributed by atoms with Gasteiger partial charge in [-0.15, -0.1) is 0 Å². The van der Waals surface area contributed by atoms with Crippen molar-refractivity contribution in [2.45, 2.75) is 0 Å². The van der Waals surface area contributed by atoms with E-state index >= 15 is 0 Å². The van der Waals surface area contributed by atoms with Crippen LogP contribution in [0.1, 0.15) is 0 Å². The monoisotopic (exact) mass is 285 g/mol. The third kappa shape index (κ3) is 2.43. The van der Waals surface area contributed by atoms with E-state index in [1.807, 2.05) is 0 Å². The number of hydrogen-bond acceptors (Lipinski definition) is 6. The van der Waals surface area contributed by atoms with E-state index < -0.39 is 17.5 Å². The molecule has 0 fully saturated rings. The molecule has 106 valence electrons. The van der Waals surface area contributed by atoms with E-state index in [-0.39, 0.29) is 23.1 Å². The molecule has 1 aromatic carbocycles. The van der Waals surface area contributed by atoms with E-state index in [4.69, 9.17) is 10.6 Å². The summed E-state index contributed by atoms with van der Waals surface area (Å²) in [6.07, 6.45) is 1.14. The summed E-state index contributed by atoms with van der Waals surface area (Å²) in [6, 6.07) is 1.82. The summed E-state index contributed by atoms with van der Waals surface area (Å²) < 4.78 is 44.6. The van der Waals surface area contributed by atoms with Crippen molar-refractivity contribution in [2.24, 2.45) is 5.84 Å². The summed E-state index contributed by atoms with van der Waals surface area (Å²) in [6.45, 7) is 0.